The van der Waals surface area contributed by atoms with Crippen LogP contribution in [-0.4, -0.2) is 39.8 Å². The molecule has 0 saturated heterocycles. The van der Waals surface area contributed by atoms with Crippen LogP contribution in [0.4, 0.5) is 0 Å². The topological polar surface area (TPSA) is 82.8 Å². The van der Waals surface area contributed by atoms with Gasteiger partial charge in [0.25, 0.3) is 5.91 Å². The molecule has 1 aromatic rings. The molecule has 0 fully saturated rings. The monoisotopic (exact) mass is 318 g/mol. The number of halogens is 1. The molecule has 1 rings (SSSR count). The van der Waals surface area contributed by atoms with E-state index in [0.717, 1.165) is 6.42 Å². The minimum absolute atomic E-state index is 0. The van der Waals surface area contributed by atoms with Gasteiger partial charge in [-0.25, -0.2) is 0 Å². The van der Waals surface area contributed by atoms with Gasteiger partial charge in [-0.3, -0.25) is 4.79 Å². The van der Waals surface area contributed by atoms with Crippen LogP contribution in [0.15, 0.2) is 12.1 Å². The summed E-state index contributed by atoms with van der Waals surface area (Å²) >= 11 is 0. The number of rotatable bonds is 7. The number of ether oxygens (including phenoxy) is 3. The van der Waals surface area contributed by atoms with E-state index < -0.39 is 0 Å². The summed E-state index contributed by atoms with van der Waals surface area (Å²) in [6, 6.07) is 3.28. The van der Waals surface area contributed by atoms with Crippen molar-refractivity contribution in [2.24, 2.45) is 5.73 Å². The quantitative estimate of drug-likeness (QED) is 0.798. The predicted molar refractivity (Wildman–Crippen MR) is 83.9 cm³/mol. The van der Waals surface area contributed by atoms with Crippen molar-refractivity contribution in [1.29, 1.82) is 0 Å². The van der Waals surface area contributed by atoms with Gasteiger partial charge in [0.05, 0.1) is 21.3 Å². The molecule has 0 heterocycles. The van der Waals surface area contributed by atoms with Crippen molar-refractivity contribution < 1.29 is 19.0 Å². The molecule has 1 unspecified atom stereocenters. The fourth-order valence-electron chi connectivity index (χ4n) is 1.73. The molecular formula is C14H23ClN2O4. The number of nitrogens with two attached hydrogens (primary N) is 1. The Morgan fingerprint density at radius 3 is 2.10 bits per heavy atom. The molecule has 120 valence electrons. The van der Waals surface area contributed by atoms with Gasteiger partial charge < -0.3 is 25.3 Å². The van der Waals surface area contributed by atoms with Gasteiger partial charge in [0.2, 0.25) is 5.75 Å². The first-order valence-corrected chi connectivity index (χ1v) is 6.37. The number of carbonyl (C=O) groups excluding carboxylic acids is 1. The number of amides is 1. The first kappa shape index (κ1) is 19.3. The maximum Gasteiger partial charge on any atom is 0.251 e. The minimum atomic E-state index is -0.204. The predicted octanol–water partition coefficient (Wildman–Crippen LogP) is 1.60. The Kier molecular flexibility index (Phi) is 8.57. The van der Waals surface area contributed by atoms with Crippen LogP contribution in [0.5, 0.6) is 17.2 Å². The number of hydrogen-bond acceptors (Lipinski definition) is 5. The molecule has 0 aliphatic rings. The fourth-order valence-corrected chi connectivity index (χ4v) is 1.73. The van der Waals surface area contributed by atoms with Gasteiger partial charge in [0.15, 0.2) is 11.5 Å². The van der Waals surface area contributed by atoms with Gasteiger partial charge in [0, 0.05) is 18.2 Å². The summed E-state index contributed by atoms with van der Waals surface area (Å²) in [6.45, 7) is 2.42. The van der Waals surface area contributed by atoms with Crippen LogP contribution >= 0.6 is 12.4 Å². The molecule has 0 bridgehead atoms. The van der Waals surface area contributed by atoms with Crippen LogP contribution < -0.4 is 25.3 Å². The molecule has 6 nitrogen and oxygen atoms in total. The molecule has 0 radical (unpaired) electrons. The molecule has 0 aromatic heterocycles. The van der Waals surface area contributed by atoms with Crippen molar-refractivity contribution in [1.82, 2.24) is 5.32 Å². The lowest BCUT2D eigenvalue weighted by Gasteiger charge is -2.14. The lowest BCUT2D eigenvalue weighted by molar-refractivity contribution is 0.0952. The third kappa shape index (κ3) is 5.32. The standard InChI is InChI=1S/C14H22N2O4.ClH/c1-9(15)5-6-16-14(17)10-7-11(18-2)13(20-4)12(8-10)19-3;/h7-9H,5-6,15H2,1-4H3,(H,16,17);1H. The maximum absolute atomic E-state index is 12.1. The summed E-state index contributed by atoms with van der Waals surface area (Å²) in [5.74, 6) is 1.15. The number of nitrogens with one attached hydrogen (secondary N) is 1. The highest BCUT2D eigenvalue weighted by molar-refractivity contribution is 5.95. The van der Waals surface area contributed by atoms with E-state index in [9.17, 15) is 4.79 Å². The average Bonchev–Trinajstić information content (AvgIpc) is 2.44. The van der Waals surface area contributed by atoms with Gasteiger partial charge in [-0.15, -0.1) is 12.4 Å². The molecule has 0 saturated carbocycles. The van der Waals surface area contributed by atoms with E-state index in [2.05, 4.69) is 5.32 Å². The molecule has 0 aliphatic heterocycles. The molecule has 1 aromatic carbocycles. The van der Waals surface area contributed by atoms with Gasteiger partial charge in [-0.2, -0.15) is 0 Å². The van der Waals surface area contributed by atoms with Gasteiger partial charge in [-0.1, -0.05) is 0 Å². The van der Waals surface area contributed by atoms with Crippen molar-refractivity contribution in [3.8, 4) is 17.2 Å². The largest absolute Gasteiger partial charge is 0.493 e. The van der Waals surface area contributed by atoms with Crippen molar-refractivity contribution in [3.05, 3.63) is 17.7 Å². The maximum atomic E-state index is 12.1. The summed E-state index contributed by atoms with van der Waals surface area (Å²) in [6.07, 6.45) is 0.718. The van der Waals surface area contributed by atoms with E-state index in [1.807, 2.05) is 6.92 Å². The fraction of sp³-hybridized carbons (Fsp3) is 0.500. The van der Waals surface area contributed by atoms with Crippen LogP contribution in [-0.2, 0) is 0 Å². The van der Waals surface area contributed by atoms with E-state index in [-0.39, 0.29) is 24.4 Å². The second-order valence-corrected chi connectivity index (χ2v) is 4.44. The van der Waals surface area contributed by atoms with E-state index in [4.69, 9.17) is 19.9 Å². The van der Waals surface area contributed by atoms with Crippen LogP contribution in [0.1, 0.15) is 23.7 Å². The van der Waals surface area contributed by atoms with Crippen LogP contribution in [0.2, 0.25) is 0 Å². The molecule has 1 atom stereocenters. The molecule has 3 N–H and O–H groups in total. The Morgan fingerprint density at radius 2 is 1.71 bits per heavy atom. The zero-order valence-corrected chi connectivity index (χ0v) is 13.6. The van der Waals surface area contributed by atoms with Crippen LogP contribution in [0.25, 0.3) is 0 Å². The van der Waals surface area contributed by atoms with Gasteiger partial charge in [-0.05, 0) is 25.5 Å². The highest BCUT2D eigenvalue weighted by Gasteiger charge is 2.16. The Labute approximate surface area is 131 Å². The highest BCUT2D eigenvalue weighted by atomic mass is 35.5. The normalized spacial score (nSPS) is 11.1. The van der Waals surface area contributed by atoms with Gasteiger partial charge in [0.1, 0.15) is 0 Å². The summed E-state index contributed by atoms with van der Waals surface area (Å²) in [7, 11) is 4.53. The molecule has 7 heteroatoms. The Balaban J connectivity index is 0.00000400. The Bertz CT molecular complexity index is 441. The number of hydrogen-bond donors (Lipinski definition) is 2. The molecular weight excluding hydrogens is 296 g/mol. The van der Waals surface area contributed by atoms with Crippen LogP contribution in [0.3, 0.4) is 0 Å². The number of benzene rings is 1. The number of carbonyl (C=O) groups is 1. The Morgan fingerprint density at radius 1 is 1.19 bits per heavy atom. The average molecular weight is 319 g/mol. The third-order valence-corrected chi connectivity index (χ3v) is 2.81. The number of methoxy groups -OCH3 is 3. The third-order valence-electron chi connectivity index (χ3n) is 2.81. The first-order chi connectivity index (χ1) is 9.53. The summed E-state index contributed by atoms with van der Waals surface area (Å²) in [5.41, 5.74) is 6.09. The summed E-state index contributed by atoms with van der Waals surface area (Å²) in [4.78, 5) is 12.1. The summed E-state index contributed by atoms with van der Waals surface area (Å²) < 4.78 is 15.6. The molecule has 21 heavy (non-hydrogen) atoms. The molecule has 1 amide bonds. The second kappa shape index (κ2) is 9.31. The molecule has 0 aliphatic carbocycles. The van der Waals surface area contributed by atoms with Crippen molar-refractivity contribution >= 4 is 18.3 Å². The van der Waals surface area contributed by atoms with E-state index in [1.165, 1.54) is 21.3 Å². The smallest absolute Gasteiger partial charge is 0.251 e. The van der Waals surface area contributed by atoms with E-state index in [1.54, 1.807) is 12.1 Å². The summed E-state index contributed by atoms with van der Waals surface area (Å²) in [5, 5.41) is 2.80. The zero-order chi connectivity index (χ0) is 15.1. The minimum Gasteiger partial charge on any atom is -0.493 e. The highest BCUT2D eigenvalue weighted by Crippen LogP contribution is 2.38. The second-order valence-electron chi connectivity index (χ2n) is 4.44. The van der Waals surface area contributed by atoms with Crippen molar-refractivity contribution in [3.63, 3.8) is 0 Å². The van der Waals surface area contributed by atoms with Crippen LogP contribution in [0, 0.1) is 0 Å². The SMILES string of the molecule is COc1cc(C(=O)NCCC(C)N)cc(OC)c1OC.Cl. The van der Waals surface area contributed by atoms with Crippen molar-refractivity contribution in [2.45, 2.75) is 19.4 Å². The van der Waals surface area contributed by atoms with Crippen molar-refractivity contribution in [2.75, 3.05) is 27.9 Å². The zero-order valence-electron chi connectivity index (χ0n) is 12.8. The first-order valence-electron chi connectivity index (χ1n) is 6.37. The van der Waals surface area contributed by atoms with E-state index >= 15 is 0 Å². The van der Waals surface area contributed by atoms with E-state index in [0.29, 0.717) is 29.4 Å². The molecule has 0 spiro atoms. The Hall–Kier alpha value is -1.66. The lowest BCUT2D eigenvalue weighted by atomic mass is 10.1. The van der Waals surface area contributed by atoms with Gasteiger partial charge >= 0.3 is 0 Å². The lowest BCUT2D eigenvalue weighted by Crippen LogP contribution is -2.29.